The Balaban J connectivity index is 1.54. The monoisotopic (exact) mass is 460 g/mol. The van der Waals surface area contributed by atoms with Crippen LogP contribution in [0, 0.1) is 5.92 Å². The molecule has 0 saturated carbocycles. The van der Waals surface area contributed by atoms with E-state index >= 15 is 0 Å². The molecule has 9 heteroatoms. The van der Waals surface area contributed by atoms with Crippen molar-refractivity contribution in [1.29, 1.82) is 0 Å². The van der Waals surface area contributed by atoms with Crippen molar-refractivity contribution in [2.75, 3.05) is 6.26 Å². The number of hydrogen-bond donors (Lipinski definition) is 1. The van der Waals surface area contributed by atoms with Crippen LogP contribution in [0.4, 0.5) is 4.79 Å². The summed E-state index contributed by atoms with van der Waals surface area (Å²) in [6.07, 6.45) is 4.57. The van der Waals surface area contributed by atoms with E-state index < -0.39 is 21.5 Å². The summed E-state index contributed by atoms with van der Waals surface area (Å²) in [6, 6.07) is 9.17. The lowest BCUT2D eigenvalue weighted by Gasteiger charge is -2.48. The molecule has 0 spiro atoms. The minimum atomic E-state index is -3.31. The Kier molecular flexibility index (Phi) is 5.56. The number of piperidine rings is 1. The number of aromatic nitrogens is 1. The molecule has 4 rings (SSSR count). The van der Waals surface area contributed by atoms with Gasteiger partial charge in [-0.05, 0) is 49.1 Å². The average Bonchev–Trinajstić information content (AvgIpc) is 2.97. The molecular formula is C23H28N2O6S. The zero-order valence-electron chi connectivity index (χ0n) is 18.4. The van der Waals surface area contributed by atoms with Crippen LogP contribution >= 0.6 is 0 Å². The molecule has 3 heterocycles. The van der Waals surface area contributed by atoms with Crippen LogP contribution in [-0.2, 0) is 9.84 Å². The number of carboxylic acid groups (broad SMARTS) is 1. The fraction of sp³-hybridized carbons (Fsp3) is 0.478. The molecule has 2 aromatic rings. The van der Waals surface area contributed by atoms with Gasteiger partial charge in [-0.25, -0.2) is 13.2 Å². The minimum Gasteiger partial charge on any atom is -0.490 e. The first-order valence-corrected chi connectivity index (χ1v) is 12.6. The van der Waals surface area contributed by atoms with Crippen LogP contribution in [0.1, 0.15) is 39.5 Å². The predicted molar refractivity (Wildman–Crippen MR) is 119 cm³/mol. The van der Waals surface area contributed by atoms with Gasteiger partial charge >= 0.3 is 6.09 Å². The Morgan fingerprint density at radius 2 is 1.91 bits per heavy atom. The van der Waals surface area contributed by atoms with Gasteiger partial charge in [-0.15, -0.1) is 0 Å². The zero-order valence-corrected chi connectivity index (χ0v) is 19.2. The maximum Gasteiger partial charge on any atom is 0.408 e. The third-order valence-corrected chi connectivity index (χ3v) is 8.02. The second-order valence-electron chi connectivity index (χ2n) is 9.12. The van der Waals surface area contributed by atoms with Crippen molar-refractivity contribution >= 4 is 15.9 Å². The number of sulfone groups is 1. The molecule has 2 fully saturated rings. The normalized spacial score (nSPS) is 25.2. The summed E-state index contributed by atoms with van der Waals surface area (Å²) in [5.41, 5.74) is -0.171. The summed E-state index contributed by atoms with van der Waals surface area (Å²) in [6.45, 7) is 4.11. The van der Waals surface area contributed by atoms with Crippen molar-refractivity contribution in [3.05, 3.63) is 52.9 Å². The minimum absolute atomic E-state index is 0.0672. The third-order valence-electron chi connectivity index (χ3n) is 6.89. The first kappa shape index (κ1) is 22.4. The van der Waals surface area contributed by atoms with Crippen LogP contribution in [0.15, 0.2) is 52.3 Å². The van der Waals surface area contributed by atoms with Crippen molar-refractivity contribution in [3.63, 3.8) is 0 Å². The first-order valence-electron chi connectivity index (χ1n) is 10.7. The van der Waals surface area contributed by atoms with Gasteiger partial charge in [-0.1, -0.05) is 13.8 Å². The number of benzene rings is 1. The number of pyridine rings is 1. The second-order valence-corrected chi connectivity index (χ2v) is 11.1. The number of hydrogen-bond acceptors (Lipinski definition) is 5. The molecule has 1 amide bonds. The Morgan fingerprint density at radius 3 is 2.47 bits per heavy atom. The summed E-state index contributed by atoms with van der Waals surface area (Å²) >= 11 is 0. The Hall–Kier alpha value is -2.81. The highest BCUT2D eigenvalue weighted by Crippen LogP contribution is 2.49. The lowest BCUT2D eigenvalue weighted by Crippen LogP contribution is -2.59. The van der Waals surface area contributed by atoms with Crippen LogP contribution in [0.25, 0.3) is 5.69 Å². The number of rotatable bonds is 5. The van der Waals surface area contributed by atoms with Gasteiger partial charge in [0.2, 0.25) is 0 Å². The predicted octanol–water partition coefficient (Wildman–Crippen LogP) is 3.32. The van der Waals surface area contributed by atoms with Crippen molar-refractivity contribution in [3.8, 4) is 11.4 Å². The molecule has 1 N–H and O–H groups in total. The molecule has 1 aromatic carbocycles. The van der Waals surface area contributed by atoms with Crippen LogP contribution in [0.3, 0.4) is 0 Å². The number of fused-ring (bicyclic) bond motifs is 2. The van der Waals surface area contributed by atoms with Crippen molar-refractivity contribution in [2.45, 2.75) is 62.1 Å². The quantitative estimate of drug-likeness (QED) is 0.734. The standard InChI is InChI=1S/C23H28N2O6S/c1-15(2)23-10-8-17(25(23)22(27)28)12-19(14-23)31-18-9-11-24(21(26)13-18)16-4-6-20(7-5-16)32(3,29)30/h4-7,9,11,13,15,17,19H,8,10,12,14H2,1-3H3,(H,27,28)/t17-,19+,23+/m0/s1. The highest BCUT2D eigenvalue weighted by Gasteiger charge is 2.56. The molecule has 0 aliphatic carbocycles. The molecule has 172 valence electrons. The summed E-state index contributed by atoms with van der Waals surface area (Å²) in [4.78, 5) is 26.4. The van der Waals surface area contributed by atoms with E-state index in [1.165, 1.54) is 22.8 Å². The lowest BCUT2D eigenvalue weighted by molar-refractivity contribution is -0.0211. The molecule has 0 unspecified atom stereocenters. The van der Waals surface area contributed by atoms with Crippen molar-refractivity contribution in [2.24, 2.45) is 5.92 Å². The molecular weight excluding hydrogens is 432 g/mol. The Bertz CT molecular complexity index is 1190. The van der Waals surface area contributed by atoms with Crippen molar-refractivity contribution in [1.82, 2.24) is 9.47 Å². The molecule has 8 nitrogen and oxygen atoms in total. The maximum absolute atomic E-state index is 12.7. The summed E-state index contributed by atoms with van der Waals surface area (Å²) in [5, 5.41) is 9.75. The summed E-state index contributed by atoms with van der Waals surface area (Å²) in [5.74, 6) is 0.615. The van der Waals surface area contributed by atoms with Gasteiger partial charge < -0.3 is 9.84 Å². The Morgan fingerprint density at radius 1 is 1.22 bits per heavy atom. The molecule has 2 saturated heterocycles. The molecule has 2 aliphatic heterocycles. The molecule has 2 aliphatic rings. The first-order chi connectivity index (χ1) is 15.0. The number of amides is 1. The second kappa shape index (κ2) is 7.95. The molecule has 3 atom stereocenters. The van der Waals surface area contributed by atoms with Gasteiger partial charge in [0.15, 0.2) is 9.84 Å². The van der Waals surface area contributed by atoms with Gasteiger partial charge in [0.1, 0.15) is 11.9 Å². The largest absolute Gasteiger partial charge is 0.490 e. The van der Waals surface area contributed by atoms with Crippen LogP contribution < -0.4 is 10.3 Å². The van der Waals surface area contributed by atoms with E-state index in [9.17, 15) is 23.1 Å². The highest BCUT2D eigenvalue weighted by atomic mass is 32.2. The Labute approximate surface area is 187 Å². The number of ether oxygens (including phenoxy) is 1. The van der Waals surface area contributed by atoms with Crippen LogP contribution in [0.2, 0.25) is 0 Å². The van der Waals surface area contributed by atoms with E-state index in [4.69, 9.17) is 4.74 Å². The van der Waals surface area contributed by atoms with E-state index in [1.54, 1.807) is 29.3 Å². The van der Waals surface area contributed by atoms with Gasteiger partial charge in [-0.2, -0.15) is 0 Å². The van der Waals surface area contributed by atoms with Gasteiger partial charge in [0, 0.05) is 43.1 Å². The SMILES string of the molecule is CC(C)[C@@]12CC[C@@H](C[C@@H](Oc3ccn(-c4ccc(S(C)(=O)=O)cc4)c(=O)c3)C1)N2C(=O)O. The van der Waals surface area contributed by atoms with Crippen molar-refractivity contribution < 1.29 is 23.1 Å². The molecule has 0 radical (unpaired) electrons. The van der Waals surface area contributed by atoms with E-state index in [2.05, 4.69) is 13.8 Å². The van der Waals surface area contributed by atoms with Crippen LogP contribution in [0.5, 0.6) is 5.75 Å². The van der Waals surface area contributed by atoms with Gasteiger partial charge in [-0.3, -0.25) is 14.3 Å². The van der Waals surface area contributed by atoms with Gasteiger partial charge in [0.05, 0.1) is 10.4 Å². The average molecular weight is 461 g/mol. The lowest BCUT2D eigenvalue weighted by atomic mass is 9.78. The molecule has 32 heavy (non-hydrogen) atoms. The molecule has 2 bridgehead atoms. The van der Waals surface area contributed by atoms with E-state index in [0.717, 1.165) is 19.1 Å². The summed E-state index contributed by atoms with van der Waals surface area (Å²) in [7, 11) is -3.31. The zero-order chi connectivity index (χ0) is 23.3. The van der Waals surface area contributed by atoms with E-state index in [0.29, 0.717) is 24.3 Å². The fourth-order valence-corrected chi connectivity index (χ4v) is 5.90. The fourth-order valence-electron chi connectivity index (χ4n) is 5.27. The van der Waals surface area contributed by atoms with Crippen LogP contribution in [-0.4, -0.2) is 53.0 Å². The summed E-state index contributed by atoms with van der Waals surface area (Å²) < 4.78 is 30.9. The van der Waals surface area contributed by atoms with E-state index in [-0.39, 0.29) is 28.5 Å². The van der Waals surface area contributed by atoms with E-state index in [1.807, 2.05) is 0 Å². The van der Waals surface area contributed by atoms with Gasteiger partial charge in [0.25, 0.3) is 5.56 Å². The number of nitrogens with zero attached hydrogens (tertiary/aromatic N) is 2. The smallest absolute Gasteiger partial charge is 0.408 e. The number of carbonyl (C=O) groups is 1. The third kappa shape index (κ3) is 3.90. The maximum atomic E-state index is 12.7. The highest BCUT2D eigenvalue weighted by molar-refractivity contribution is 7.90. The topological polar surface area (TPSA) is 106 Å². The molecule has 1 aromatic heterocycles.